The number of benzene rings is 1. The summed E-state index contributed by atoms with van der Waals surface area (Å²) in [4.78, 5) is 16.8. The van der Waals surface area contributed by atoms with E-state index in [1.54, 1.807) is 6.07 Å². The zero-order chi connectivity index (χ0) is 18.1. The minimum atomic E-state index is -0.387. The number of fused-ring (bicyclic) bond motifs is 1. The molecule has 1 amide bonds. The Balaban J connectivity index is 1.40. The van der Waals surface area contributed by atoms with Gasteiger partial charge in [0.15, 0.2) is 0 Å². The van der Waals surface area contributed by atoms with Gasteiger partial charge in [-0.15, -0.1) is 0 Å². The number of carbonyl (C=O) groups is 1. The van der Waals surface area contributed by atoms with Crippen molar-refractivity contribution in [3.05, 3.63) is 59.2 Å². The van der Waals surface area contributed by atoms with Gasteiger partial charge in [-0.1, -0.05) is 12.5 Å². The Labute approximate surface area is 153 Å². The summed E-state index contributed by atoms with van der Waals surface area (Å²) in [6.07, 6.45) is 8.26. The van der Waals surface area contributed by atoms with Crippen LogP contribution in [0.1, 0.15) is 48.3 Å². The van der Waals surface area contributed by atoms with Gasteiger partial charge in [0, 0.05) is 36.1 Å². The average molecular weight is 353 g/mol. The molecule has 1 aliphatic carbocycles. The average Bonchev–Trinajstić information content (AvgIpc) is 3.13. The zero-order valence-electron chi connectivity index (χ0n) is 15.0. The number of hydrogen-bond donors (Lipinski definition) is 2. The number of halogens is 1. The number of rotatable bonds is 3. The van der Waals surface area contributed by atoms with E-state index in [4.69, 9.17) is 0 Å². The van der Waals surface area contributed by atoms with E-state index in [1.165, 1.54) is 11.6 Å². The maximum absolute atomic E-state index is 14.0. The van der Waals surface area contributed by atoms with Gasteiger partial charge in [0.2, 0.25) is 5.91 Å². The summed E-state index contributed by atoms with van der Waals surface area (Å²) in [5, 5.41) is 6.41. The molecule has 136 valence electrons. The Morgan fingerprint density at radius 2 is 2.04 bits per heavy atom. The normalized spacial score (nSPS) is 24.6. The van der Waals surface area contributed by atoms with Gasteiger partial charge in [-0.2, -0.15) is 0 Å². The van der Waals surface area contributed by atoms with Gasteiger partial charge in [-0.05, 0) is 61.4 Å². The predicted molar refractivity (Wildman–Crippen MR) is 99.6 cm³/mol. The second-order valence-electron chi connectivity index (χ2n) is 7.47. The fourth-order valence-electron chi connectivity index (χ4n) is 4.29. The maximum Gasteiger partial charge on any atom is 0.243 e. The van der Waals surface area contributed by atoms with Gasteiger partial charge >= 0.3 is 0 Å². The van der Waals surface area contributed by atoms with Gasteiger partial charge in [0.25, 0.3) is 0 Å². The first-order chi connectivity index (χ1) is 12.6. The summed E-state index contributed by atoms with van der Waals surface area (Å²) in [6, 6.07) is 7.15. The summed E-state index contributed by atoms with van der Waals surface area (Å²) in [5.41, 5.74) is 3.68. The van der Waals surface area contributed by atoms with Crippen LogP contribution in [0.4, 0.5) is 10.1 Å². The van der Waals surface area contributed by atoms with Crippen LogP contribution in [0.15, 0.2) is 36.7 Å². The number of nitrogens with zero attached hydrogens (tertiary/aromatic N) is 1. The number of hydrogen-bond acceptors (Lipinski definition) is 3. The maximum atomic E-state index is 14.0. The Morgan fingerprint density at radius 1 is 1.23 bits per heavy atom. The van der Waals surface area contributed by atoms with E-state index < -0.39 is 0 Å². The van der Waals surface area contributed by atoms with Crippen LogP contribution in [0.3, 0.4) is 0 Å². The largest absolute Gasteiger partial charge is 0.373 e. The van der Waals surface area contributed by atoms with Crippen molar-refractivity contribution >= 4 is 11.6 Å². The van der Waals surface area contributed by atoms with Crippen molar-refractivity contribution in [3.63, 3.8) is 0 Å². The van der Waals surface area contributed by atoms with E-state index >= 15 is 0 Å². The van der Waals surface area contributed by atoms with Crippen LogP contribution in [-0.2, 0) is 11.2 Å². The Kier molecular flexibility index (Phi) is 4.62. The highest BCUT2D eigenvalue weighted by Gasteiger charge is 2.32. The van der Waals surface area contributed by atoms with Gasteiger partial charge < -0.3 is 10.6 Å². The number of amides is 1. The molecule has 1 fully saturated rings. The van der Waals surface area contributed by atoms with Crippen molar-refractivity contribution in [2.24, 2.45) is 0 Å². The quantitative estimate of drug-likeness (QED) is 0.884. The fraction of sp³-hybridized carbons (Fsp3) is 0.429. The van der Waals surface area contributed by atoms with Crippen LogP contribution < -0.4 is 10.6 Å². The molecule has 5 heteroatoms. The molecule has 26 heavy (non-hydrogen) atoms. The lowest BCUT2D eigenvalue weighted by molar-refractivity contribution is -0.122. The first-order valence-corrected chi connectivity index (χ1v) is 9.36. The second kappa shape index (κ2) is 7.06. The molecule has 3 atom stereocenters. The predicted octanol–water partition coefficient (Wildman–Crippen LogP) is 3.71. The van der Waals surface area contributed by atoms with Crippen LogP contribution in [0.5, 0.6) is 0 Å². The number of pyridine rings is 1. The molecule has 1 unspecified atom stereocenters. The lowest BCUT2D eigenvalue weighted by Crippen LogP contribution is -2.45. The Bertz CT molecular complexity index is 777. The molecule has 4 rings (SSSR count). The van der Waals surface area contributed by atoms with Crippen LogP contribution in [0.25, 0.3) is 0 Å². The second-order valence-corrected chi connectivity index (χ2v) is 7.47. The van der Waals surface area contributed by atoms with Gasteiger partial charge in [0.05, 0.1) is 0 Å². The molecule has 0 saturated heterocycles. The molecular formula is C21H24FN3O. The first kappa shape index (κ1) is 17.0. The highest BCUT2D eigenvalue weighted by Crippen LogP contribution is 2.34. The molecule has 0 radical (unpaired) electrons. The summed E-state index contributed by atoms with van der Waals surface area (Å²) in [5.74, 6) is 0.203. The van der Waals surface area contributed by atoms with E-state index in [0.717, 1.165) is 36.9 Å². The summed E-state index contributed by atoms with van der Waals surface area (Å²) >= 11 is 0. The highest BCUT2D eigenvalue weighted by molar-refractivity contribution is 5.88. The van der Waals surface area contributed by atoms with Crippen LogP contribution in [0.2, 0.25) is 0 Å². The van der Waals surface area contributed by atoms with Crippen molar-refractivity contribution in [1.82, 2.24) is 10.3 Å². The summed E-state index contributed by atoms with van der Waals surface area (Å²) in [7, 11) is 0. The topological polar surface area (TPSA) is 54.0 Å². The minimum absolute atomic E-state index is 0.0274. The van der Waals surface area contributed by atoms with Crippen molar-refractivity contribution in [2.45, 2.75) is 57.0 Å². The monoisotopic (exact) mass is 353 g/mol. The molecule has 1 aromatic carbocycles. The van der Waals surface area contributed by atoms with Crippen LogP contribution in [-0.4, -0.2) is 23.0 Å². The molecule has 0 bridgehead atoms. The molecule has 2 aromatic rings. The van der Waals surface area contributed by atoms with Gasteiger partial charge in [-0.3, -0.25) is 9.78 Å². The minimum Gasteiger partial charge on any atom is -0.373 e. The number of nitrogens with one attached hydrogen (secondary N) is 2. The van der Waals surface area contributed by atoms with E-state index in [9.17, 15) is 9.18 Å². The number of carbonyl (C=O) groups excluding carboxylic acids is 1. The van der Waals surface area contributed by atoms with E-state index in [2.05, 4.69) is 27.8 Å². The van der Waals surface area contributed by atoms with E-state index in [1.807, 2.05) is 19.3 Å². The molecule has 1 aliphatic heterocycles. The first-order valence-electron chi connectivity index (χ1n) is 9.36. The third-order valence-corrected chi connectivity index (χ3v) is 5.71. The number of anilines is 1. The molecule has 2 heterocycles. The smallest absolute Gasteiger partial charge is 0.243 e. The molecule has 0 spiro atoms. The summed E-state index contributed by atoms with van der Waals surface area (Å²) < 4.78 is 14.0. The Hall–Kier alpha value is -2.43. The van der Waals surface area contributed by atoms with Gasteiger partial charge in [-0.25, -0.2) is 4.39 Å². The molecular weight excluding hydrogens is 329 g/mol. The lowest BCUT2D eigenvalue weighted by Gasteiger charge is -2.30. The SMILES string of the molecule is Cc1ccc(F)c2c1NC(C(=O)N[C@H]1CCC[C@@H](c3ccncc3)C1)C2. The van der Waals surface area contributed by atoms with Crippen molar-refractivity contribution in [2.75, 3.05) is 5.32 Å². The van der Waals surface area contributed by atoms with Crippen LogP contribution in [0, 0.1) is 12.7 Å². The van der Waals surface area contributed by atoms with Crippen molar-refractivity contribution in [1.29, 1.82) is 0 Å². The van der Waals surface area contributed by atoms with Crippen molar-refractivity contribution < 1.29 is 9.18 Å². The Morgan fingerprint density at radius 3 is 2.81 bits per heavy atom. The fourth-order valence-corrected chi connectivity index (χ4v) is 4.29. The number of aromatic nitrogens is 1. The highest BCUT2D eigenvalue weighted by atomic mass is 19.1. The van der Waals surface area contributed by atoms with Crippen molar-refractivity contribution in [3.8, 4) is 0 Å². The molecule has 4 nitrogen and oxygen atoms in total. The molecule has 2 N–H and O–H groups in total. The summed E-state index contributed by atoms with van der Waals surface area (Å²) in [6.45, 7) is 1.94. The standard InChI is InChI=1S/C21H24FN3O/c1-13-5-6-18(22)17-12-19(25-20(13)17)21(26)24-16-4-2-3-15(11-16)14-7-9-23-10-8-14/h5-10,15-16,19,25H,2-4,11-12H2,1H3,(H,24,26)/t15-,16+,19?/m1/s1. The number of aryl methyl sites for hydroxylation is 1. The van der Waals surface area contributed by atoms with E-state index in [0.29, 0.717) is 17.9 Å². The van der Waals surface area contributed by atoms with Crippen LogP contribution >= 0.6 is 0 Å². The molecule has 1 saturated carbocycles. The van der Waals surface area contributed by atoms with E-state index in [-0.39, 0.29) is 23.8 Å². The molecule has 2 aliphatic rings. The third-order valence-electron chi connectivity index (χ3n) is 5.71. The lowest BCUT2D eigenvalue weighted by atomic mass is 9.81. The zero-order valence-corrected chi connectivity index (χ0v) is 15.0. The third kappa shape index (κ3) is 3.30. The molecule has 1 aromatic heterocycles. The van der Waals surface area contributed by atoms with Gasteiger partial charge in [0.1, 0.15) is 11.9 Å².